The van der Waals surface area contributed by atoms with E-state index in [0.717, 1.165) is 0 Å². The summed E-state index contributed by atoms with van der Waals surface area (Å²) in [7, 11) is 1.65. The third-order valence-electron chi connectivity index (χ3n) is 2.02. The van der Waals surface area contributed by atoms with E-state index in [-0.39, 0.29) is 5.60 Å². The fourth-order valence-electron chi connectivity index (χ4n) is 0.900. The molecule has 5 nitrogen and oxygen atoms in total. The Labute approximate surface area is 98.2 Å². The summed E-state index contributed by atoms with van der Waals surface area (Å²) in [6, 6.07) is 0. The molecule has 5 heteroatoms. The second-order valence-corrected chi connectivity index (χ2v) is 4.03. The van der Waals surface area contributed by atoms with E-state index in [1.165, 1.54) is 0 Å². The lowest BCUT2D eigenvalue weighted by Crippen LogP contribution is -2.35. The topological polar surface area (TPSA) is 62.9 Å². The van der Waals surface area contributed by atoms with Crippen LogP contribution in [0.1, 0.15) is 13.8 Å². The predicted molar refractivity (Wildman–Crippen MR) is 62.6 cm³/mol. The van der Waals surface area contributed by atoms with Gasteiger partial charge < -0.3 is 24.7 Å². The maximum atomic E-state index is 5.52. The number of rotatable bonds is 11. The van der Waals surface area contributed by atoms with Gasteiger partial charge in [-0.2, -0.15) is 0 Å². The maximum Gasteiger partial charge on any atom is 0.0749 e. The van der Waals surface area contributed by atoms with E-state index in [2.05, 4.69) is 0 Å². The average Bonchev–Trinajstić information content (AvgIpc) is 2.27. The molecule has 0 spiro atoms. The largest absolute Gasteiger partial charge is 0.382 e. The molecule has 0 aromatic carbocycles. The fraction of sp³-hybridized carbons (Fsp3) is 1.00. The second kappa shape index (κ2) is 9.99. The molecule has 0 saturated carbocycles. The van der Waals surface area contributed by atoms with Gasteiger partial charge in [-0.05, 0) is 13.8 Å². The standard InChI is InChI=1S/C11H25NO4/c1-11(2,10-12)16-9-8-15-7-6-14-5-4-13-3/h4-10,12H2,1-3H3. The molecule has 0 radical (unpaired) electrons. The number of hydrogen-bond acceptors (Lipinski definition) is 5. The molecule has 0 aliphatic heterocycles. The summed E-state index contributed by atoms with van der Waals surface area (Å²) in [5, 5.41) is 0. The molecule has 0 amide bonds. The molecule has 0 aromatic rings. The molecule has 0 saturated heterocycles. The van der Waals surface area contributed by atoms with Gasteiger partial charge in [0.25, 0.3) is 0 Å². The Morgan fingerprint density at radius 1 is 0.875 bits per heavy atom. The van der Waals surface area contributed by atoms with Crippen LogP contribution in [-0.4, -0.2) is 58.9 Å². The van der Waals surface area contributed by atoms with Crippen molar-refractivity contribution in [2.24, 2.45) is 5.73 Å². The summed E-state index contributed by atoms with van der Waals surface area (Å²) in [5.74, 6) is 0. The molecule has 0 aromatic heterocycles. The molecule has 98 valence electrons. The lowest BCUT2D eigenvalue weighted by Gasteiger charge is -2.22. The van der Waals surface area contributed by atoms with Gasteiger partial charge >= 0.3 is 0 Å². The van der Waals surface area contributed by atoms with Gasteiger partial charge in [0.1, 0.15) is 0 Å². The minimum Gasteiger partial charge on any atom is -0.382 e. The molecule has 0 bridgehead atoms. The minimum absolute atomic E-state index is 0.266. The molecule has 0 fully saturated rings. The van der Waals surface area contributed by atoms with Gasteiger partial charge in [0.2, 0.25) is 0 Å². The highest BCUT2D eigenvalue weighted by Gasteiger charge is 2.14. The third-order valence-corrected chi connectivity index (χ3v) is 2.02. The summed E-state index contributed by atoms with van der Waals surface area (Å²) in [5.41, 5.74) is 5.25. The fourth-order valence-corrected chi connectivity index (χ4v) is 0.900. The second-order valence-electron chi connectivity index (χ2n) is 4.03. The Bertz CT molecular complexity index is 153. The summed E-state index contributed by atoms with van der Waals surface area (Å²) in [6.07, 6.45) is 0. The Kier molecular flexibility index (Phi) is 9.86. The number of ether oxygens (including phenoxy) is 4. The highest BCUT2D eigenvalue weighted by atomic mass is 16.6. The van der Waals surface area contributed by atoms with Gasteiger partial charge in [-0.15, -0.1) is 0 Å². The van der Waals surface area contributed by atoms with Crippen molar-refractivity contribution >= 4 is 0 Å². The van der Waals surface area contributed by atoms with Crippen LogP contribution in [-0.2, 0) is 18.9 Å². The summed E-state index contributed by atoms with van der Waals surface area (Å²) in [6.45, 7) is 7.94. The highest BCUT2D eigenvalue weighted by molar-refractivity contribution is 4.68. The van der Waals surface area contributed by atoms with Crippen LogP contribution in [0.15, 0.2) is 0 Å². The predicted octanol–water partition coefficient (Wildman–Crippen LogP) is 0.420. The van der Waals surface area contributed by atoms with Crippen LogP contribution in [0.3, 0.4) is 0 Å². The van der Waals surface area contributed by atoms with Crippen molar-refractivity contribution < 1.29 is 18.9 Å². The van der Waals surface area contributed by atoms with E-state index < -0.39 is 0 Å². The van der Waals surface area contributed by atoms with Crippen LogP contribution in [0, 0.1) is 0 Å². The quantitative estimate of drug-likeness (QED) is 0.526. The van der Waals surface area contributed by atoms with Crippen LogP contribution in [0.2, 0.25) is 0 Å². The molecule has 0 atom stereocenters. The van der Waals surface area contributed by atoms with E-state index in [9.17, 15) is 0 Å². The average molecular weight is 235 g/mol. The molecule has 16 heavy (non-hydrogen) atoms. The van der Waals surface area contributed by atoms with Gasteiger partial charge in [0.15, 0.2) is 0 Å². The van der Waals surface area contributed by atoms with Gasteiger partial charge in [-0.25, -0.2) is 0 Å². The smallest absolute Gasteiger partial charge is 0.0749 e. The molecular weight excluding hydrogens is 210 g/mol. The maximum absolute atomic E-state index is 5.52. The summed E-state index contributed by atoms with van der Waals surface area (Å²) in [4.78, 5) is 0. The molecular formula is C11H25NO4. The van der Waals surface area contributed by atoms with Crippen molar-refractivity contribution in [2.75, 3.05) is 53.3 Å². The number of hydrogen-bond donors (Lipinski definition) is 1. The monoisotopic (exact) mass is 235 g/mol. The van der Waals surface area contributed by atoms with Crippen LogP contribution in [0.25, 0.3) is 0 Å². The normalized spacial score (nSPS) is 12.0. The lowest BCUT2D eigenvalue weighted by molar-refractivity contribution is -0.0486. The summed E-state index contributed by atoms with van der Waals surface area (Å²) >= 11 is 0. The van der Waals surface area contributed by atoms with Crippen LogP contribution in [0.5, 0.6) is 0 Å². The third kappa shape index (κ3) is 10.3. The first kappa shape index (κ1) is 15.8. The van der Waals surface area contributed by atoms with E-state index in [0.29, 0.717) is 46.2 Å². The van der Waals surface area contributed by atoms with Crippen molar-refractivity contribution in [1.82, 2.24) is 0 Å². The Hall–Kier alpha value is -0.200. The van der Waals surface area contributed by atoms with E-state index in [1.54, 1.807) is 7.11 Å². The van der Waals surface area contributed by atoms with E-state index in [1.807, 2.05) is 13.8 Å². The summed E-state index contributed by atoms with van der Waals surface area (Å²) < 4.78 is 20.9. The van der Waals surface area contributed by atoms with Crippen molar-refractivity contribution in [2.45, 2.75) is 19.4 Å². The van der Waals surface area contributed by atoms with Crippen LogP contribution >= 0.6 is 0 Å². The van der Waals surface area contributed by atoms with Gasteiger partial charge in [-0.1, -0.05) is 0 Å². The van der Waals surface area contributed by atoms with Gasteiger partial charge in [-0.3, -0.25) is 0 Å². The minimum atomic E-state index is -0.266. The molecule has 2 N–H and O–H groups in total. The van der Waals surface area contributed by atoms with Crippen LogP contribution in [0.4, 0.5) is 0 Å². The van der Waals surface area contributed by atoms with Gasteiger partial charge in [0.05, 0.1) is 45.2 Å². The Morgan fingerprint density at radius 2 is 1.38 bits per heavy atom. The number of methoxy groups -OCH3 is 1. The van der Waals surface area contributed by atoms with E-state index in [4.69, 9.17) is 24.7 Å². The lowest BCUT2D eigenvalue weighted by atomic mass is 10.1. The molecule has 0 aliphatic carbocycles. The first-order chi connectivity index (χ1) is 7.62. The Morgan fingerprint density at radius 3 is 1.88 bits per heavy atom. The Balaban J connectivity index is 3.10. The van der Waals surface area contributed by atoms with E-state index >= 15 is 0 Å². The first-order valence-electron chi connectivity index (χ1n) is 5.61. The zero-order valence-electron chi connectivity index (χ0n) is 10.7. The molecule has 0 unspecified atom stereocenters. The van der Waals surface area contributed by atoms with Gasteiger partial charge in [0, 0.05) is 13.7 Å². The SMILES string of the molecule is COCCOCCOCCOC(C)(C)CN. The van der Waals surface area contributed by atoms with Crippen LogP contribution < -0.4 is 5.73 Å². The number of nitrogens with two attached hydrogens (primary N) is 1. The van der Waals surface area contributed by atoms with Crippen molar-refractivity contribution in [1.29, 1.82) is 0 Å². The van der Waals surface area contributed by atoms with Crippen molar-refractivity contribution in [3.63, 3.8) is 0 Å². The molecule has 0 heterocycles. The van der Waals surface area contributed by atoms with Crippen molar-refractivity contribution in [3.05, 3.63) is 0 Å². The molecule has 0 aliphatic rings. The molecule has 0 rings (SSSR count). The zero-order valence-corrected chi connectivity index (χ0v) is 10.7. The highest BCUT2D eigenvalue weighted by Crippen LogP contribution is 2.05. The zero-order chi connectivity index (χ0) is 12.3. The van der Waals surface area contributed by atoms with Crippen molar-refractivity contribution in [3.8, 4) is 0 Å². The first-order valence-corrected chi connectivity index (χ1v) is 5.61.